The van der Waals surface area contributed by atoms with Gasteiger partial charge in [0, 0.05) is 25.7 Å². The first-order valence-electron chi connectivity index (χ1n) is 9.08. The number of hydrogen-bond acceptors (Lipinski definition) is 6. The third-order valence-electron chi connectivity index (χ3n) is 4.55. The standard InChI is InChI=1S/C20H34O6.CH4/c1-19(2,13-17(23)25-5)11-9-15(21)7-8-16(22)10-12-20(3,4)14-18(24)26-6;/h7-14H2,1-6H3;1H4. The van der Waals surface area contributed by atoms with Gasteiger partial charge in [-0.3, -0.25) is 19.2 Å². The molecule has 0 rings (SSSR count). The van der Waals surface area contributed by atoms with Gasteiger partial charge < -0.3 is 9.47 Å². The fourth-order valence-corrected chi connectivity index (χ4v) is 2.59. The number of hydrogen-bond donors (Lipinski definition) is 0. The van der Waals surface area contributed by atoms with Crippen molar-refractivity contribution in [1.29, 1.82) is 0 Å². The van der Waals surface area contributed by atoms with Gasteiger partial charge in [-0.1, -0.05) is 35.1 Å². The van der Waals surface area contributed by atoms with E-state index in [1.807, 2.05) is 27.7 Å². The zero-order valence-corrected chi connectivity index (χ0v) is 17.1. The largest absolute Gasteiger partial charge is 0.469 e. The third-order valence-corrected chi connectivity index (χ3v) is 4.55. The normalized spacial score (nSPS) is 11.3. The Morgan fingerprint density at radius 2 is 0.926 bits per heavy atom. The molecule has 0 N–H and O–H groups in total. The molecule has 0 fully saturated rings. The van der Waals surface area contributed by atoms with Crippen LogP contribution >= 0.6 is 0 Å². The van der Waals surface area contributed by atoms with Crippen LogP contribution in [-0.2, 0) is 28.7 Å². The van der Waals surface area contributed by atoms with E-state index >= 15 is 0 Å². The molecular weight excluding hydrogens is 348 g/mol. The lowest BCUT2D eigenvalue weighted by Gasteiger charge is -2.23. The first-order chi connectivity index (χ1) is 11.9. The molecule has 6 nitrogen and oxygen atoms in total. The van der Waals surface area contributed by atoms with Gasteiger partial charge in [-0.25, -0.2) is 0 Å². The van der Waals surface area contributed by atoms with Gasteiger partial charge in [-0.05, 0) is 23.7 Å². The Hall–Kier alpha value is -1.72. The van der Waals surface area contributed by atoms with Crippen molar-refractivity contribution >= 4 is 23.5 Å². The second-order valence-electron chi connectivity index (χ2n) is 8.41. The monoisotopic (exact) mass is 386 g/mol. The van der Waals surface area contributed by atoms with Crippen LogP contribution in [0.3, 0.4) is 0 Å². The summed E-state index contributed by atoms with van der Waals surface area (Å²) < 4.78 is 9.32. The Morgan fingerprint density at radius 1 is 0.630 bits per heavy atom. The second-order valence-corrected chi connectivity index (χ2v) is 8.41. The van der Waals surface area contributed by atoms with Crippen LogP contribution < -0.4 is 0 Å². The smallest absolute Gasteiger partial charge is 0.306 e. The predicted octanol–water partition coefficient (Wildman–Crippen LogP) is 4.28. The molecule has 0 atom stereocenters. The van der Waals surface area contributed by atoms with Crippen LogP contribution in [0.2, 0.25) is 0 Å². The van der Waals surface area contributed by atoms with E-state index in [0.717, 1.165) is 0 Å². The van der Waals surface area contributed by atoms with E-state index in [0.29, 0.717) is 25.7 Å². The van der Waals surface area contributed by atoms with E-state index in [4.69, 9.17) is 0 Å². The summed E-state index contributed by atoms with van der Waals surface area (Å²) in [4.78, 5) is 46.7. The van der Waals surface area contributed by atoms with Crippen LogP contribution in [0.5, 0.6) is 0 Å². The summed E-state index contributed by atoms with van der Waals surface area (Å²) in [6.07, 6.45) is 2.86. The highest BCUT2D eigenvalue weighted by Crippen LogP contribution is 2.29. The fourth-order valence-electron chi connectivity index (χ4n) is 2.59. The topological polar surface area (TPSA) is 86.7 Å². The SMILES string of the molecule is C.COC(=O)CC(C)(C)CCC(=O)CCC(=O)CCC(C)(C)CC(=O)OC. The van der Waals surface area contributed by atoms with E-state index < -0.39 is 0 Å². The average molecular weight is 387 g/mol. The summed E-state index contributed by atoms with van der Waals surface area (Å²) in [5, 5.41) is 0. The lowest BCUT2D eigenvalue weighted by Crippen LogP contribution is -2.20. The van der Waals surface area contributed by atoms with Gasteiger partial charge in [0.1, 0.15) is 11.6 Å². The van der Waals surface area contributed by atoms with Crippen molar-refractivity contribution in [2.75, 3.05) is 14.2 Å². The van der Waals surface area contributed by atoms with E-state index in [1.165, 1.54) is 14.2 Å². The molecule has 0 aliphatic carbocycles. The lowest BCUT2D eigenvalue weighted by atomic mass is 9.82. The molecule has 0 heterocycles. The summed E-state index contributed by atoms with van der Waals surface area (Å²) >= 11 is 0. The Kier molecular flexibility index (Phi) is 12.9. The van der Waals surface area contributed by atoms with Gasteiger partial charge in [-0.2, -0.15) is 0 Å². The number of esters is 2. The van der Waals surface area contributed by atoms with E-state index in [9.17, 15) is 19.2 Å². The van der Waals surface area contributed by atoms with E-state index in [2.05, 4.69) is 9.47 Å². The van der Waals surface area contributed by atoms with Crippen LogP contribution in [0.1, 0.15) is 86.5 Å². The Bertz CT molecular complexity index is 459. The molecule has 27 heavy (non-hydrogen) atoms. The zero-order valence-electron chi connectivity index (χ0n) is 17.1. The number of Topliss-reactive ketones (excluding diaryl/α,β-unsaturated/α-hetero) is 2. The first kappa shape index (κ1) is 27.5. The number of methoxy groups -OCH3 is 2. The number of ketones is 2. The number of ether oxygens (including phenoxy) is 2. The predicted molar refractivity (Wildman–Crippen MR) is 105 cm³/mol. The molecule has 0 bridgehead atoms. The summed E-state index contributed by atoms with van der Waals surface area (Å²) in [5.41, 5.74) is -0.602. The second kappa shape index (κ2) is 12.6. The van der Waals surface area contributed by atoms with E-state index in [1.54, 1.807) is 0 Å². The molecule has 0 saturated heterocycles. The van der Waals surface area contributed by atoms with Crippen LogP contribution in [-0.4, -0.2) is 37.7 Å². The summed E-state index contributed by atoms with van der Waals surface area (Å²) in [6, 6.07) is 0. The molecule has 0 aromatic rings. The number of carbonyl (C=O) groups excluding carboxylic acids is 4. The first-order valence-corrected chi connectivity index (χ1v) is 9.08. The molecule has 0 saturated carbocycles. The molecular formula is C21H38O6. The van der Waals surface area contributed by atoms with Gasteiger partial charge in [0.25, 0.3) is 0 Å². The van der Waals surface area contributed by atoms with Gasteiger partial charge in [-0.15, -0.1) is 0 Å². The van der Waals surface area contributed by atoms with Crippen molar-refractivity contribution < 1.29 is 28.7 Å². The van der Waals surface area contributed by atoms with Gasteiger partial charge in [0.15, 0.2) is 0 Å². The van der Waals surface area contributed by atoms with Crippen LogP contribution in [0.25, 0.3) is 0 Å². The lowest BCUT2D eigenvalue weighted by molar-refractivity contribution is -0.144. The van der Waals surface area contributed by atoms with Gasteiger partial charge in [0.2, 0.25) is 0 Å². The molecule has 0 aromatic carbocycles. The highest BCUT2D eigenvalue weighted by Gasteiger charge is 2.25. The van der Waals surface area contributed by atoms with Crippen molar-refractivity contribution in [3.8, 4) is 0 Å². The molecule has 0 unspecified atom stereocenters. The van der Waals surface area contributed by atoms with Crippen LogP contribution in [0.4, 0.5) is 0 Å². The summed E-state index contributed by atoms with van der Waals surface area (Å²) in [6.45, 7) is 7.69. The van der Waals surface area contributed by atoms with E-state index in [-0.39, 0.29) is 67.4 Å². The Morgan fingerprint density at radius 3 is 1.19 bits per heavy atom. The molecule has 0 radical (unpaired) electrons. The molecule has 0 aromatic heterocycles. The number of carbonyl (C=O) groups is 4. The molecule has 158 valence electrons. The zero-order chi connectivity index (χ0) is 20.4. The minimum atomic E-state index is -0.301. The van der Waals surface area contributed by atoms with Crippen LogP contribution in [0.15, 0.2) is 0 Å². The van der Waals surface area contributed by atoms with Gasteiger partial charge >= 0.3 is 11.9 Å². The van der Waals surface area contributed by atoms with Crippen LogP contribution in [0, 0.1) is 10.8 Å². The van der Waals surface area contributed by atoms with Crippen molar-refractivity contribution in [1.82, 2.24) is 0 Å². The Labute approximate surface area is 164 Å². The van der Waals surface area contributed by atoms with Crippen molar-refractivity contribution in [2.24, 2.45) is 10.8 Å². The minimum absolute atomic E-state index is 0. The minimum Gasteiger partial charge on any atom is -0.469 e. The highest BCUT2D eigenvalue weighted by molar-refractivity contribution is 5.86. The molecule has 0 aliphatic rings. The highest BCUT2D eigenvalue weighted by atomic mass is 16.5. The molecule has 0 spiro atoms. The summed E-state index contributed by atoms with van der Waals surface area (Å²) in [7, 11) is 2.70. The van der Waals surface area contributed by atoms with Gasteiger partial charge in [0.05, 0.1) is 27.1 Å². The Balaban J connectivity index is 0. The fraction of sp³-hybridized carbons (Fsp3) is 0.810. The molecule has 6 heteroatoms. The maximum Gasteiger partial charge on any atom is 0.306 e. The van der Waals surface area contributed by atoms with Crippen molar-refractivity contribution in [2.45, 2.75) is 86.5 Å². The summed E-state index contributed by atoms with van der Waals surface area (Å²) in [5.74, 6) is -0.505. The quantitative estimate of drug-likeness (QED) is 0.439. The average Bonchev–Trinajstić information content (AvgIpc) is 2.55. The van der Waals surface area contributed by atoms with Crippen molar-refractivity contribution in [3.05, 3.63) is 0 Å². The van der Waals surface area contributed by atoms with Crippen molar-refractivity contribution in [3.63, 3.8) is 0 Å². The molecule has 0 aliphatic heterocycles. The maximum atomic E-state index is 12.0. The maximum absolute atomic E-state index is 12.0. The molecule has 0 amide bonds. The third kappa shape index (κ3) is 14.1. The number of rotatable bonds is 13.